The maximum Gasteiger partial charge on any atom is 0.0593 e. The summed E-state index contributed by atoms with van der Waals surface area (Å²) in [6.07, 6.45) is 2.53. The van der Waals surface area contributed by atoms with E-state index in [1.807, 2.05) is 0 Å². The Morgan fingerprint density at radius 1 is 1.36 bits per heavy atom. The van der Waals surface area contributed by atoms with Gasteiger partial charge in [0.25, 0.3) is 0 Å². The van der Waals surface area contributed by atoms with E-state index in [1.165, 1.54) is 25.9 Å². The molecular formula is C11H24N2O. The van der Waals surface area contributed by atoms with Gasteiger partial charge < -0.3 is 10.1 Å². The van der Waals surface area contributed by atoms with Crippen LogP contribution >= 0.6 is 0 Å². The quantitative estimate of drug-likeness (QED) is 0.673. The van der Waals surface area contributed by atoms with Crippen molar-refractivity contribution in [2.24, 2.45) is 0 Å². The molecule has 1 heterocycles. The molecular weight excluding hydrogens is 176 g/mol. The Morgan fingerprint density at radius 3 is 2.93 bits per heavy atom. The van der Waals surface area contributed by atoms with Crippen LogP contribution < -0.4 is 5.32 Å². The zero-order valence-corrected chi connectivity index (χ0v) is 9.59. The standard InChI is InChI=1S/C11H24N2O/c1-3-11-5-7-13(8-6-12-11)9-10-14-4-2/h11-12H,3-10H2,1-2H3. The van der Waals surface area contributed by atoms with Crippen molar-refractivity contribution in [3.8, 4) is 0 Å². The predicted molar refractivity (Wildman–Crippen MR) is 59.6 cm³/mol. The van der Waals surface area contributed by atoms with Gasteiger partial charge in [0.2, 0.25) is 0 Å². The first-order valence-corrected chi connectivity index (χ1v) is 5.90. The fourth-order valence-electron chi connectivity index (χ4n) is 1.89. The lowest BCUT2D eigenvalue weighted by Gasteiger charge is -2.19. The number of nitrogens with one attached hydrogen (secondary N) is 1. The summed E-state index contributed by atoms with van der Waals surface area (Å²) >= 11 is 0. The molecule has 1 atom stereocenters. The zero-order chi connectivity index (χ0) is 10.2. The molecule has 1 fully saturated rings. The highest BCUT2D eigenvalue weighted by Gasteiger charge is 2.13. The Morgan fingerprint density at radius 2 is 2.21 bits per heavy atom. The average Bonchev–Trinajstić information content (AvgIpc) is 2.43. The van der Waals surface area contributed by atoms with Gasteiger partial charge in [0.05, 0.1) is 6.61 Å². The lowest BCUT2D eigenvalue weighted by atomic mass is 10.1. The molecule has 0 aliphatic carbocycles. The highest BCUT2D eigenvalue weighted by atomic mass is 16.5. The molecule has 3 heteroatoms. The van der Waals surface area contributed by atoms with Crippen LogP contribution in [0.15, 0.2) is 0 Å². The minimum atomic E-state index is 0.729. The van der Waals surface area contributed by atoms with Crippen LogP contribution in [0.3, 0.4) is 0 Å². The molecule has 0 amide bonds. The summed E-state index contributed by atoms with van der Waals surface area (Å²) in [6.45, 7) is 10.6. The molecule has 84 valence electrons. The van der Waals surface area contributed by atoms with Gasteiger partial charge in [0.1, 0.15) is 0 Å². The van der Waals surface area contributed by atoms with Gasteiger partial charge in [-0.3, -0.25) is 4.90 Å². The summed E-state index contributed by atoms with van der Waals surface area (Å²) in [5.74, 6) is 0. The van der Waals surface area contributed by atoms with Gasteiger partial charge in [-0.2, -0.15) is 0 Å². The highest BCUT2D eigenvalue weighted by Crippen LogP contribution is 2.04. The van der Waals surface area contributed by atoms with E-state index >= 15 is 0 Å². The third kappa shape index (κ3) is 4.40. The maximum absolute atomic E-state index is 5.37. The van der Waals surface area contributed by atoms with E-state index in [0.29, 0.717) is 0 Å². The monoisotopic (exact) mass is 200 g/mol. The van der Waals surface area contributed by atoms with E-state index in [-0.39, 0.29) is 0 Å². The summed E-state index contributed by atoms with van der Waals surface area (Å²) in [7, 11) is 0. The number of hydrogen-bond acceptors (Lipinski definition) is 3. The minimum absolute atomic E-state index is 0.729. The van der Waals surface area contributed by atoms with Gasteiger partial charge in [0.15, 0.2) is 0 Å². The summed E-state index contributed by atoms with van der Waals surface area (Å²) in [5, 5.41) is 3.57. The van der Waals surface area contributed by atoms with Crippen LogP contribution in [0.5, 0.6) is 0 Å². The van der Waals surface area contributed by atoms with E-state index in [1.54, 1.807) is 0 Å². The molecule has 1 N–H and O–H groups in total. The van der Waals surface area contributed by atoms with Crippen molar-refractivity contribution in [1.82, 2.24) is 10.2 Å². The lowest BCUT2D eigenvalue weighted by Crippen LogP contribution is -2.31. The molecule has 0 aromatic rings. The minimum Gasteiger partial charge on any atom is -0.380 e. The van der Waals surface area contributed by atoms with Gasteiger partial charge in [-0.15, -0.1) is 0 Å². The molecule has 0 saturated carbocycles. The fourth-order valence-corrected chi connectivity index (χ4v) is 1.89. The number of nitrogens with zero attached hydrogens (tertiary/aromatic N) is 1. The Kier molecular flexibility index (Phi) is 6.15. The number of ether oxygens (including phenoxy) is 1. The second-order valence-corrected chi connectivity index (χ2v) is 3.89. The number of hydrogen-bond donors (Lipinski definition) is 1. The molecule has 0 spiro atoms. The Bertz CT molecular complexity index is 141. The van der Waals surface area contributed by atoms with Crippen molar-refractivity contribution in [1.29, 1.82) is 0 Å². The van der Waals surface area contributed by atoms with Crippen molar-refractivity contribution in [2.45, 2.75) is 32.7 Å². The summed E-state index contributed by atoms with van der Waals surface area (Å²) in [5.41, 5.74) is 0. The van der Waals surface area contributed by atoms with Crippen LogP contribution in [0, 0.1) is 0 Å². The highest BCUT2D eigenvalue weighted by molar-refractivity contribution is 4.73. The normalized spacial score (nSPS) is 24.9. The Labute approximate surface area is 87.8 Å². The summed E-state index contributed by atoms with van der Waals surface area (Å²) in [6, 6.07) is 0.729. The fraction of sp³-hybridized carbons (Fsp3) is 1.00. The van der Waals surface area contributed by atoms with Crippen molar-refractivity contribution in [3.05, 3.63) is 0 Å². The van der Waals surface area contributed by atoms with Crippen LogP contribution in [-0.4, -0.2) is 50.3 Å². The Hall–Kier alpha value is -0.120. The molecule has 0 bridgehead atoms. The second-order valence-electron chi connectivity index (χ2n) is 3.89. The van der Waals surface area contributed by atoms with Gasteiger partial charge in [0, 0.05) is 32.3 Å². The van der Waals surface area contributed by atoms with Gasteiger partial charge in [-0.25, -0.2) is 0 Å². The summed E-state index contributed by atoms with van der Waals surface area (Å²) < 4.78 is 5.37. The van der Waals surface area contributed by atoms with E-state index in [9.17, 15) is 0 Å². The van der Waals surface area contributed by atoms with Gasteiger partial charge in [-0.05, 0) is 26.3 Å². The van der Waals surface area contributed by atoms with E-state index in [4.69, 9.17) is 4.74 Å². The molecule has 1 aliphatic rings. The van der Waals surface area contributed by atoms with Crippen molar-refractivity contribution >= 4 is 0 Å². The van der Waals surface area contributed by atoms with Crippen LogP contribution in [0.25, 0.3) is 0 Å². The molecule has 3 nitrogen and oxygen atoms in total. The molecule has 1 rings (SSSR count). The third-order valence-electron chi connectivity index (χ3n) is 2.90. The van der Waals surface area contributed by atoms with Crippen LogP contribution in [0.2, 0.25) is 0 Å². The molecule has 0 aromatic heterocycles. The largest absolute Gasteiger partial charge is 0.380 e. The topological polar surface area (TPSA) is 24.5 Å². The predicted octanol–water partition coefficient (Wildman–Crippen LogP) is 1.10. The van der Waals surface area contributed by atoms with E-state index in [0.717, 1.165) is 32.3 Å². The lowest BCUT2D eigenvalue weighted by molar-refractivity contribution is 0.115. The van der Waals surface area contributed by atoms with E-state index < -0.39 is 0 Å². The maximum atomic E-state index is 5.37. The first kappa shape index (κ1) is 12.0. The zero-order valence-electron chi connectivity index (χ0n) is 9.59. The molecule has 0 radical (unpaired) electrons. The average molecular weight is 200 g/mol. The van der Waals surface area contributed by atoms with Crippen LogP contribution in [0.1, 0.15) is 26.7 Å². The summed E-state index contributed by atoms with van der Waals surface area (Å²) in [4.78, 5) is 2.50. The van der Waals surface area contributed by atoms with Crippen molar-refractivity contribution < 1.29 is 4.74 Å². The SMILES string of the molecule is CCOCCN1CCNC(CC)CC1. The molecule has 1 saturated heterocycles. The molecule has 1 aliphatic heterocycles. The van der Waals surface area contributed by atoms with Gasteiger partial charge in [-0.1, -0.05) is 6.92 Å². The number of rotatable bonds is 5. The van der Waals surface area contributed by atoms with Crippen LogP contribution in [0.4, 0.5) is 0 Å². The van der Waals surface area contributed by atoms with Crippen molar-refractivity contribution in [3.63, 3.8) is 0 Å². The molecule has 14 heavy (non-hydrogen) atoms. The molecule has 1 unspecified atom stereocenters. The molecule has 0 aromatic carbocycles. The Balaban J connectivity index is 2.14. The first-order chi connectivity index (χ1) is 6.86. The smallest absolute Gasteiger partial charge is 0.0593 e. The van der Waals surface area contributed by atoms with E-state index in [2.05, 4.69) is 24.1 Å². The van der Waals surface area contributed by atoms with Crippen molar-refractivity contribution in [2.75, 3.05) is 39.4 Å². The van der Waals surface area contributed by atoms with Gasteiger partial charge >= 0.3 is 0 Å². The van der Waals surface area contributed by atoms with Crippen LogP contribution in [-0.2, 0) is 4.74 Å². The first-order valence-electron chi connectivity index (χ1n) is 5.90. The second kappa shape index (κ2) is 7.21. The third-order valence-corrected chi connectivity index (χ3v) is 2.90.